The Kier molecular flexibility index (Phi) is 2.83. The minimum Gasteiger partial charge on any atom is -0.488 e. The minimum absolute atomic E-state index is 0.560. The van der Waals surface area contributed by atoms with Gasteiger partial charge < -0.3 is 4.74 Å². The van der Waals surface area contributed by atoms with Gasteiger partial charge in [0, 0.05) is 6.07 Å². The molecule has 1 heterocycles. The number of nitrogens with two attached hydrogens (primary N) is 1. The van der Waals surface area contributed by atoms with Crippen LogP contribution in [0.3, 0.4) is 0 Å². The first-order valence-corrected chi connectivity index (χ1v) is 4.78. The van der Waals surface area contributed by atoms with Crippen molar-refractivity contribution in [1.82, 2.24) is 0 Å². The molecule has 0 saturated carbocycles. The normalized spacial score (nSPS) is 9.87. The molecule has 2 aromatic rings. The van der Waals surface area contributed by atoms with Gasteiger partial charge in [0.2, 0.25) is 0 Å². The largest absolute Gasteiger partial charge is 0.488 e. The molecule has 76 valence electrons. The maximum atomic E-state index is 5.59. The van der Waals surface area contributed by atoms with E-state index >= 15 is 0 Å². The molecule has 3 nitrogen and oxygen atoms in total. The zero-order valence-corrected chi connectivity index (χ0v) is 8.31. The molecule has 0 fully saturated rings. The molecule has 0 saturated heterocycles. The summed E-state index contributed by atoms with van der Waals surface area (Å²) in [5.41, 5.74) is 6.73. The van der Waals surface area contributed by atoms with Crippen LogP contribution in [0.15, 0.2) is 48.7 Å². The summed E-state index contributed by atoms with van der Waals surface area (Å²) in [6, 6.07) is 13.6. The first-order chi connectivity index (χ1) is 7.34. The van der Waals surface area contributed by atoms with Gasteiger partial charge in [0.05, 0.1) is 12.3 Å². The molecule has 3 N–H and O–H groups in total. The molecule has 0 spiro atoms. The molecule has 1 aromatic carbocycles. The second-order valence-electron chi connectivity index (χ2n) is 3.25. The number of aromatic amines is 1. The van der Waals surface area contributed by atoms with Gasteiger partial charge in [-0.05, 0) is 5.56 Å². The fourth-order valence-electron chi connectivity index (χ4n) is 1.29. The van der Waals surface area contributed by atoms with Crippen LogP contribution in [0.1, 0.15) is 5.56 Å². The van der Waals surface area contributed by atoms with Gasteiger partial charge in [0.15, 0.2) is 0 Å². The van der Waals surface area contributed by atoms with Crippen molar-refractivity contribution in [1.29, 1.82) is 0 Å². The third-order valence-electron chi connectivity index (χ3n) is 2.04. The Morgan fingerprint density at radius 2 is 1.93 bits per heavy atom. The molecular formula is C12H13N2O+. The highest BCUT2D eigenvalue weighted by Gasteiger charge is 1.98. The number of benzene rings is 1. The van der Waals surface area contributed by atoms with Crippen LogP contribution >= 0.6 is 0 Å². The van der Waals surface area contributed by atoms with Crippen molar-refractivity contribution >= 4 is 5.82 Å². The van der Waals surface area contributed by atoms with Gasteiger partial charge in [0.1, 0.15) is 12.4 Å². The summed E-state index contributed by atoms with van der Waals surface area (Å²) >= 11 is 0. The van der Waals surface area contributed by atoms with Gasteiger partial charge in [-0.3, -0.25) is 5.73 Å². The minimum atomic E-state index is 0.560. The lowest BCUT2D eigenvalue weighted by atomic mass is 10.2. The number of hydrogen-bond donors (Lipinski definition) is 1. The first kappa shape index (κ1) is 9.52. The van der Waals surface area contributed by atoms with Crippen molar-refractivity contribution in [3.8, 4) is 5.75 Å². The number of anilines is 1. The van der Waals surface area contributed by atoms with Crippen molar-refractivity contribution in [2.75, 3.05) is 5.73 Å². The lowest BCUT2D eigenvalue weighted by molar-refractivity contribution is -0.360. The van der Waals surface area contributed by atoms with Crippen LogP contribution in [-0.4, -0.2) is 0 Å². The van der Waals surface area contributed by atoms with Crippen molar-refractivity contribution in [2.45, 2.75) is 6.61 Å². The number of H-pyrrole nitrogens is 1. The van der Waals surface area contributed by atoms with Crippen molar-refractivity contribution in [2.24, 2.45) is 0 Å². The Hall–Kier alpha value is -2.03. The zero-order chi connectivity index (χ0) is 10.5. The monoisotopic (exact) mass is 201 g/mol. The number of nitrogens with one attached hydrogen (secondary N) is 1. The molecule has 0 radical (unpaired) electrons. The maximum Gasteiger partial charge on any atom is 0.273 e. The van der Waals surface area contributed by atoms with Gasteiger partial charge in [-0.25, -0.2) is 4.98 Å². The molecule has 15 heavy (non-hydrogen) atoms. The Balaban J connectivity index is 1.99. The number of ether oxygens (including phenoxy) is 1. The summed E-state index contributed by atoms with van der Waals surface area (Å²) in [5, 5.41) is 0. The van der Waals surface area contributed by atoms with E-state index in [1.54, 1.807) is 12.3 Å². The lowest BCUT2D eigenvalue weighted by Crippen LogP contribution is -2.08. The van der Waals surface area contributed by atoms with Crippen LogP contribution in [0.5, 0.6) is 5.75 Å². The number of rotatable bonds is 3. The third-order valence-corrected chi connectivity index (χ3v) is 2.04. The molecule has 0 aliphatic carbocycles. The van der Waals surface area contributed by atoms with Gasteiger partial charge in [-0.2, -0.15) is 0 Å². The molecular weight excluding hydrogens is 188 g/mol. The summed E-state index contributed by atoms with van der Waals surface area (Å²) in [5.74, 6) is 1.37. The predicted octanol–water partition coefficient (Wildman–Crippen LogP) is 1.66. The maximum absolute atomic E-state index is 5.59. The topological polar surface area (TPSA) is 49.4 Å². The summed E-state index contributed by atoms with van der Waals surface area (Å²) in [4.78, 5) is 2.87. The second-order valence-corrected chi connectivity index (χ2v) is 3.25. The van der Waals surface area contributed by atoms with Gasteiger partial charge in [0.25, 0.3) is 5.82 Å². The quantitative estimate of drug-likeness (QED) is 0.821. The number of aromatic nitrogens is 1. The third kappa shape index (κ3) is 2.71. The molecule has 0 aliphatic rings. The number of pyridine rings is 1. The Morgan fingerprint density at radius 1 is 1.13 bits per heavy atom. The van der Waals surface area contributed by atoms with Crippen LogP contribution in [0.2, 0.25) is 0 Å². The SMILES string of the molecule is Nc1cc(OCc2ccccc2)cc[nH+]1. The zero-order valence-electron chi connectivity index (χ0n) is 8.31. The van der Waals surface area contributed by atoms with Crippen LogP contribution in [0.4, 0.5) is 5.82 Å². The second kappa shape index (κ2) is 4.46. The predicted molar refractivity (Wildman–Crippen MR) is 58.2 cm³/mol. The van der Waals surface area contributed by atoms with Crippen LogP contribution in [-0.2, 0) is 6.61 Å². The average molecular weight is 201 g/mol. The molecule has 0 amide bonds. The van der Waals surface area contributed by atoms with E-state index in [0.717, 1.165) is 11.3 Å². The van der Waals surface area contributed by atoms with Crippen LogP contribution in [0, 0.1) is 0 Å². The standard InChI is InChI=1S/C12H12N2O/c13-12-8-11(6-7-14-12)15-9-10-4-2-1-3-5-10/h1-8H,9H2,(H2,13,14)/p+1. The van der Waals surface area contributed by atoms with E-state index in [2.05, 4.69) is 4.98 Å². The van der Waals surface area contributed by atoms with Crippen molar-refractivity contribution in [3.05, 3.63) is 54.2 Å². The summed E-state index contributed by atoms with van der Waals surface area (Å²) in [6.07, 6.45) is 1.76. The number of nitrogen functional groups attached to an aromatic ring is 1. The molecule has 3 heteroatoms. The highest BCUT2D eigenvalue weighted by atomic mass is 16.5. The first-order valence-electron chi connectivity index (χ1n) is 4.78. The van der Waals surface area contributed by atoms with E-state index in [1.165, 1.54) is 0 Å². The highest BCUT2D eigenvalue weighted by molar-refractivity contribution is 5.30. The summed E-state index contributed by atoms with van der Waals surface area (Å²) in [7, 11) is 0. The van der Waals surface area contributed by atoms with Gasteiger partial charge in [-0.1, -0.05) is 30.3 Å². The highest BCUT2D eigenvalue weighted by Crippen LogP contribution is 2.12. The molecule has 2 rings (SSSR count). The number of hydrogen-bond acceptors (Lipinski definition) is 2. The average Bonchev–Trinajstić information content (AvgIpc) is 2.28. The smallest absolute Gasteiger partial charge is 0.273 e. The Labute approximate surface area is 88.5 Å². The Morgan fingerprint density at radius 3 is 2.67 bits per heavy atom. The van der Waals surface area contributed by atoms with E-state index in [0.29, 0.717) is 12.4 Å². The molecule has 1 aromatic heterocycles. The summed E-state index contributed by atoms with van der Waals surface area (Å²) in [6.45, 7) is 0.560. The molecule has 0 unspecified atom stereocenters. The Bertz CT molecular complexity index is 429. The molecule has 0 aliphatic heterocycles. The van der Waals surface area contributed by atoms with E-state index < -0.39 is 0 Å². The van der Waals surface area contributed by atoms with E-state index in [4.69, 9.17) is 10.5 Å². The fourth-order valence-corrected chi connectivity index (χ4v) is 1.29. The van der Waals surface area contributed by atoms with E-state index in [1.807, 2.05) is 36.4 Å². The van der Waals surface area contributed by atoms with E-state index in [9.17, 15) is 0 Å². The molecule has 0 atom stereocenters. The van der Waals surface area contributed by atoms with Crippen LogP contribution in [0.25, 0.3) is 0 Å². The van der Waals surface area contributed by atoms with E-state index in [-0.39, 0.29) is 0 Å². The van der Waals surface area contributed by atoms with Gasteiger partial charge >= 0.3 is 0 Å². The van der Waals surface area contributed by atoms with Crippen molar-refractivity contribution < 1.29 is 9.72 Å². The van der Waals surface area contributed by atoms with Crippen LogP contribution < -0.4 is 15.5 Å². The fraction of sp³-hybridized carbons (Fsp3) is 0.0833. The van der Waals surface area contributed by atoms with Crippen molar-refractivity contribution in [3.63, 3.8) is 0 Å². The lowest BCUT2D eigenvalue weighted by Gasteiger charge is -2.04. The van der Waals surface area contributed by atoms with Gasteiger partial charge in [-0.15, -0.1) is 0 Å². The molecule has 0 bridgehead atoms. The summed E-state index contributed by atoms with van der Waals surface area (Å²) < 4.78 is 5.57.